The van der Waals surface area contributed by atoms with Gasteiger partial charge >= 0.3 is 0 Å². The van der Waals surface area contributed by atoms with Gasteiger partial charge in [0.1, 0.15) is 17.1 Å². The van der Waals surface area contributed by atoms with Gasteiger partial charge in [0.05, 0.1) is 10.7 Å². The van der Waals surface area contributed by atoms with Gasteiger partial charge < -0.3 is 9.84 Å². The minimum Gasteiger partial charge on any atom is -0.360 e. The molecule has 3 heterocycles. The number of hydrogen-bond acceptors (Lipinski definition) is 4. The number of imidazole rings is 1. The average Bonchev–Trinajstić information content (AvgIpc) is 3.01. The highest BCUT2D eigenvalue weighted by Crippen LogP contribution is 2.19. The van der Waals surface area contributed by atoms with E-state index < -0.39 is 0 Å². The number of carbonyl (C=O) groups excluding carboxylic acids is 1. The van der Waals surface area contributed by atoms with Crippen LogP contribution >= 0.6 is 11.6 Å². The molecule has 3 aromatic rings. The summed E-state index contributed by atoms with van der Waals surface area (Å²) in [7, 11) is 0. The number of hydrogen-bond donors (Lipinski definition) is 1. The van der Waals surface area contributed by atoms with Crippen molar-refractivity contribution in [3.63, 3.8) is 0 Å². The summed E-state index contributed by atoms with van der Waals surface area (Å²) >= 11 is 6.00. The molecule has 6 nitrogen and oxygen atoms in total. The van der Waals surface area contributed by atoms with Crippen LogP contribution in [0.25, 0.3) is 5.65 Å². The first-order valence-electron chi connectivity index (χ1n) is 6.49. The summed E-state index contributed by atoms with van der Waals surface area (Å²) in [5, 5.41) is 7.00. The molecule has 0 spiro atoms. The summed E-state index contributed by atoms with van der Waals surface area (Å²) in [5.41, 5.74) is 1.84. The van der Waals surface area contributed by atoms with Crippen LogP contribution in [0.2, 0.25) is 5.02 Å². The van der Waals surface area contributed by atoms with Gasteiger partial charge in [-0.2, -0.15) is 0 Å². The smallest absolute Gasteiger partial charge is 0.275 e. The predicted octanol–water partition coefficient (Wildman–Crippen LogP) is 3.10. The number of nitrogens with zero attached hydrogens (tertiary/aromatic N) is 3. The van der Waals surface area contributed by atoms with Gasteiger partial charge in [0.25, 0.3) is 5.91 Å². The summed E-state index contributed by atoms with van der Waals surface area (Å²) in [4.78, 5) is 16.9. The lowest BCUT2D eigenvalue weighted by Gasteiger charge is -2.04. The molecule has 1 amide bonds. The number of nitrogens with one attached hydrogen (secondary N) is 1. The molecule has 0 unspecified atom stereocenters. The van der Waals surface area contributed by atoms with Gasteiger partial charge in [-0.25, -0.2) is 4.98 Å². The number of aryl methyl sites for hydroxylation is 2. The van der Waals surface area contributed by atoms with Crippen LogP contribution in [-0.2, 0) is 6.42 Å². The second kappa shape index (κ2) is 5.21. The minimum atomic E-state index is -0.296. The van der Waals surface area contributed by atoms with E-state index in [0.29, 0.717) is 40.1 Å². The van der Waals surface area contributed by atoms with Crippen molar-refractivity contribution < 1.29 is 9.32 Å². The molecule has 0 aromatic carbocycles. The number of anilines is 1. The van der Waals surface area contributed by atoms with Crippen LogP contribution in [0.3, 0.4) is 0 Å². The number of halogens is 1. The molecule has 21 heavy (non-hydrogen) atoms. The van der Waals surface area contributed by atoms with Gasteiger partial charge in [-0.05, 0) is 25.5 Å². The lowest BCUT2D eigenvalue weighted by molar-refractivity contribution is 0.101. The number of amides is 1. The first kappa shape index (κ1) is 13.6. The molecule has 108 valence electrons. The molecular formula is C14H13ClN4O2. The molecule has 0 fully saturated rings. The van der Waals surface area contributed by atoms with E-state index in [2.05, 4.69) is 15.5 Å². The maximum Gasteiger partial charge on any atom is 0.275 e. The fourth-order valence-electron chi connectivity index (χ4n) is 2.16. The second-order valence-electron chi connectivity index (χ2n) is 4.61. The number of pyridine rings is 1. The predicted molar refractivity (Wildman–Crippen MR) is 78.8 cm³/mol. The zero-order chi connectivity index (χ0) is 15.0. The van der Waals surface area contributed by atoms with Crippen molar-refractivity contribution in [2.24, 2.45) is 0 Å². The summed E-state index contributed by atoms with van der Waals surface area (Å²) in [6.45, 7) is 3.70. The Kier molecular flexibility index (Phi) is 3.39. The van der Waals surface area contributed by atoms with E-state index in [4.69, 9.17) is 16.1 Å². The van der Waals surface area contributed by atoms with E-state index in [1.807, 2.05) is 6.92 Å². The molecular weight excluding hydrogens is 292 g/mol. The van der Waals surface area contributed by atoms with E-state index in [0.717, 1.165) is 0 Å². The number of carbonyl (C=O) groups is 1. The lowest BCUT2D eigenvalue weighted by Crippen LogP contribution is -2.16. The van der Waals surface area contributed by atoms with Crippen LogP contribution in [-0.4, -0.2) is 20.4 Å². The summed E-state index contributed by atoms with van der Waals surface area (Å²) < 4.78 is 6.62. The van der Waals surface area contributed by atoms with Crippen molar-refractivity contribution in [2.75, 3.05) is 5.32 Å². The largest absolute Gasteiger partial charge is 0.360 e. The zero-order valence-corrected chi connectivity index (χ0v) is 12.3. The molecule has 0 aliphatic carbocycles. The molecule has 0 aliphatic heterocycles. The Morgan fingerprint density at radius 1 is 1.48 bits per heavy atom. The molecule has 3 rings (SSSR count). The van der Waals surface area contributed by atoms with Crippen molar-refractivity contribution in [1.29, 1.82) is 0 Å². The molecule has 0 saturated carbocycles. The van der Waals surface area contributed by atoms with Gasteiger partial charge in [-0.15, -0.1) is 0 Å². The van der Waals surface area contributed by atoms with E-state index in [9.17, 15) is 4.79 Å². The maximum atomic E-state index is 12.5. The van der Waals surface area contributed by atoms with Gasteiger partial charge in [-0.1, -0.05) is 23.7 Å². The Morgan fingerprint density at radius 2 is 2.29 bits per heavy atom. The van der Waals surface area contributed by atoms with Gasteiger partial charge in [0.2, 0.25) is 0 Å². The molecule has 1 N–H and O–H groups in total. The third kappa shape index (κ3) is 2.50. The fraction of sp³-hybridized carbons (Fsp3) is 0.214. The van der Waals surface area contributed by atoms with Crippen molar-refractivity contribution >= 4 is 29.0 Å². The van der Waals surface area contributed by atoms with Crippen molar-refractivity contribution in [2.45, 2.75) is 20.3 Å². The molecule has 0 radical (unpaired) electrons. The summed E-state index contributed by atoms with van der Waals surface area (Å²) in [6, 6.07) is 5.17. The van der Waals surface area contributed by atoms with E-state index in [1.54, 1.807) is 35.7 Å². The third-order valence-electron chi connectivity index (χ3n) is 3.07. The van der Waals surface area contributed by atoms with Crippen LogP contribution in [0.4, 0.5) is 5.82 Å². The molecule has 0 saturated heterocycles. The maximum absolute atomic E-state index is 12.5. The highest BCUT2D eigenvalue weighted by Gasteiger charge is 2.19. The molecule has 0 bridgehead atoms. The molecule has 0 aliphatic rings. The summed E-state index contributed by atoms with van der Waals surface area (Å²) in [6.07, 6.45) is 2.31. The molecule has 3 aromatic heterocycles. The Balaban J connectivity index is 2.05. The lowest BCUT2D eigenvalue weighted by atomic mass is 10.2. The number of rotatable bonds is 3. The first-order valence-corrected chi connectivity index (χ1v) is 6.87. The molecule has 7 heteroatoms. The monoisotopic (exact) mass is 304 g/mol. The summed E-state index contributed by atoms with van der Waals surface area (Å²) in [5.74, 6) is 0.702. The zero-order valence-electron chi connectivity index (χ0n) is 11.6. The SMILES string of the molecule is CCc1nc2ccc(Cl)cn2c1C(=O)Nc1cc(C)on1. The standard InChI is InChI=1S/C14H13ClN4O2/c1-3-10-13(14(20)17-11-6-8(2)21-18-11)19-7-9(15)4-5-12(19)16-10/h4-7H,3H2,1-2H3,(H,17,18,20). The van der Waals surface area contributed by atoms with Crippen LogP contribution in [0, 0.1) is 6.92 Å². The van der Waals surface area contributed by atoms with Crippen LogP contribution in [0.5, 0.6) is 0 Å². The second-order valence-corrected chi connectivity index (χ2v) is 5.05. The van der Waals surface area contributed by atoms with Crippen LogP contribution < -0.4 is 5.32 Å². The average molecular weight is 305 g/mol. The van der Waals surface area contributed by atoms with E-state index >= 15 is 0 Å². The Labute approximate surface area is 125 Å². The van der Waals surface area contributed by atoms with Crippen molar-refractivity contribution in [3.05, 3.63) is 46.6 Å². The van der Waals surface area contributed by atoms with E-state index in [-0.39, 0.29) is 5.91 Å². The highest BCUT2D eigenvalue weighted by molar-refractivity contribution is 6.30. The van der Waals surface area contributed by atoms with Crippen LogP contribution in [0.1, 0.15) is 28.9 Å². The molecule has 0 atom stereocenters. The first-order chi connectivity index (χ1) is 10.1. The Morgan fingerprint density at radius 3 is 2.95 bits per heavy atom. The van der Waals surface area contributed by atoms with Gasteiger partial charge in [0.15, 0.2) is 5.82 Å². The van der Waals surface area contributed by atoms with Crippen molar-refractivity contribution in [3.8, 4) is 0 Å². The Bertz CT molecular complexity index is 822. The van der Waals surface area contributed by atoms with Gasteiger partial charge in [0, 0.05) is 12.3 Å². The van der Waals surface area contributed by atoms with Gasteiger partial charge in [-0.3, -0.25) is 9.20 Å². The van der Waals surface area contributed by atoms with Crippen molar-refractivity contribution in [1.82, 2.24) is 14.5 Å². The topological polar surface area (TPSA) is 72.4 Å². The van der Waals surface area contributed by atoms with E-state index in [1.165, 1.54) is 0 Å². The quantitative estimate of drug-likeness (QED) is 0.807. The normalized spacial score (nSPS) is 11.0. The fourth-order valence-corrected chi connectivity index (χ4v) is 2.32. The number of aromatic nitrogens is 3. The Hall–Kier alpha value is -2.34. The minimum absolute atomic E-state index is 0.296. The third-order valence-corrected chi connectivity index (χ3v) is 3.30. The van der Waals surface area contributed by atoms with Crippen LogP contribution in [0.15, 0.2) is 28.9 Å². The number of fused-ring (bicyclic) bond motifs is 1. The highest BCUT2D eigenvalue weighted by atomic mass is 35.5.